The standard InChI is InChI=1S/C31H39O8P/c1-3-37-40(33,38-4-2)24-31(32)30(36-22-27-18-12-7-13-19-27)29(35-21-26-16-10-6-11-17-26)28(39-31)23-34-20-25-14-8-5-9-15-25/h5-19,28-30,32H,3-4,20-24H2,1-2H3/t28-,29-,30+,31?/m1/s1. The Balaban J connectivity index is 1.60. The predicted octanol–water partition coefficient (Wildman–Crippen LogP) is 5.73. The molecule has 0 radical (unpaired) electrons. The van der Waals surface area contributed by atoms with Crippen molar-refractivity contribution in [2.45, 2.75) is 57.8 Å². The maximum Gasteiger partial charge on any atom is 0.336 e. The zero-order valence-corrected chi connectivity index (χ0v) is 24.0. The molecule has 9 heteroatoms. The lowest BCUT2D eigenvalue weighted by atomic mass is 10.1. The Kier molecular flexibility index (Phi) is 11.5. The average molecular weight is 571 g/mol. The maximum absolute atomic E-state index is 13.6. The van der Waals surface area contributed by atoms with Gasteiger partial charge in [0.05, 0.1) is 39.6 Å². The Morgan fingerprint density at radius 1 is 0.750 bits per heavy atom. The third kappa shape index (κ3) is 8.56. The van der Waals surface area contributed by atoms with Crippen molar-refractivity contribution in [2.75, 3.05) is 26.0 Å². The molecule has 0 amide bonds. The van der Waals surface area contributed by atoms with E-state index in [0.717, 1.165) is 16.7 Å². The highest BCUT2D eigenvalue weighted by atomic mass is 31.2. The molecule has 1 aliphatic heterocycles. The van der Waals surface area contributed by atoms with Crippen molar-refractivity contribution in [1.82, 2.24) is 0 Å². The van der Waals surface area contributed by atoms with Crippen LogP contribution in [0.3, 0.4) is 0 Å². The molecule has 1 unspecified atom stereocenters. The minimum Gasteiger partial charge on any atom is -0.374 e. The van der Waals surface area contributed by atoms with E-state index in [1.807, 2.05) is 91.0 Å². The summed E-state index contributed by atoms with van der Waals surface area (Å²) >= 11 is 0. The van der Waals surface area contributed by atoms with Gasteiger partial charge in [-0.3, -0.25) is 4.57 Å². The summed E-state index contributed by atoms with van der Waals surface area (Å²) in [6, 6.07) is 29.1. The molecule has 1 saturated heterocycles. The van der Waals surface area contributed by atoms with Gasteiger partial charge in [-0.25, -0.2) is 0 Å². The number of rotatable bonds is 16. The van der Waals surface area contributed by atoms with Crippen molar-refractivity contribution >= 4 is 7.60 Å². The van der Waals surface area contributed by atoms with E-state index in [4.69, 9.17) is 28.0 Å². The van der Waals surface area contributed by atoms with Gasteiger partial charge in [0.1, 0.15) is 24.5 Å². The number of hydrogen-bond acceptors (Lipinski definition) is 8. The zero-order valence-electron chi connectivity index (χ0n) is 23.1. The summed E-state index contributed by atoms with van der Waals surface area (Å²) in [6.07, 6.45) is -2.87. The highest BCUT2D eigenvalue weighted by molar-refractivity contribution is 7.53. The van der Waals surface area contributed by atoms with Crippen LogP contribution in [0.1, 0.15) is 30.5 Å². The van der Waals surface area contributed by atoms with E-state index in [1.165, 1.54) is 0 Å². The van der Waals surface area contributed by atoms with Crippen molar-refractivity contribution in [1.29, 1.82) is 0 Å². The lowest BCUT2D eigenvalue weighted by Gasteiger charge is -2.32. The molecule has 8 nitrogen and oxygen atoms in total. The van der Waals surface area contributed by atoms with Crippen molar-refractivity contribution in [3.8, 4) is 0 Å². The van der Waals surface area contributed by atoms with Gasteiger partial charge in [-0.15, -0.1) is 0 Å². The minimum atomic E-state index is -3.72. The van der Waals surface area contributed by atoms with Gasteiger partial charge in [-0.05, 0) is 30.5 Å². The van der Waals surface area contributed by atoms with Gasteiger partial charge in [0.25, 0.3) is 0 Å². The number of aliphatic hydroxyl groups is 1. The highest BCUT2D eigenvalue weighted by Gasteiger charge is 2.59. The first kappa shape index (κ1) is 30.6. The summed E-state index contributed by atoms with van der Waals surface area (Å²) < 4.78 is 49.5. The lowest BCUT2D eigenvalue weighted by molar-refractivity contribution is -0.230. The van der Waals surface area contributed by atoms with E-state index < -0.39 is 37.9 Å². The molecule has 0 saturated carbocycles. The molecule has 4 atom stereocenters. The molecule has 4 rings (SSSR count). The van der Waals surface area contributed by atoms with Crippen LogP contribution in [0.25, 0.3) is 0 Å². The fourth-order valence-electron chi connectivity index (χ4n) is 4.72. The zero-order chi connectivity index (χ0) is 28.3. The first-order valence-corrected chi connectivity index (χ1v) is 15.4. The largest absolute Gasteiger partial charge is 0.374 e. The van der Waals surface area contributed by atoms with Crippen molar-refractivity contribution in [3.05, 3.63) is 108 Å². The van der Waals surface area contributed by atoms with Gasteiger partial charge >= 0.3 is 7.60 Å². The summed E-state index contributed by atoms with van der Waals surface area (Å²) in [6.45, 7) is 4.68. The molecule has 3 aromatic rings. The fraction of sp³-hybridized carbons (Fsp3) is 0.419. The topological polar surface area (TPSA) is 92.7 Å². The Morgan fingerprint density at radius 3 is 1.73 bits per heavy atom. The van der Waals surface area contributed by atoms with Crippen LogP contribution >= 0.6 is 7.60 Å². The molecule has 0 spiro atoms. The van der Waals surface area contributed by atoms with Crippen molar-refractivity contribution in [3.63, 3.8) is 0 Å². The van der Waals surface area contributed by atoms with Crippen LogP contribution in [0.5, 0.6) is 0 Å². The first-order chi connectivity index (χ1) is 19.4. The summed E-state index contributed by atoms with van der Waals surface area (Å²) in [5, 5.41) is 12.0. The van der Waals surface area contributed by atoms with Crippen molar-refractivity contribution < 1.29 is 37.7 Å². The Morgan fingerprint density at radius 2 is 1.23 bits per heavy atom. The second-order valence-corrected chi connectivity index (χ2v) is 11.6. The Labute approximate surface area is 236 Å². The average Bonchev–Trinajstić information content (AvgIpc) is 3.21. The molecule has 216 valence electrons. The van der Waals surface area contributed by atoms with Crippen LogP contribution in [0.15, 0.2) is 91.0 Å². The van der Waals surface area contributed by atoms with E-state index in [9.17, 15) is 9.67 Å². The monoisotopic (exact) mass is 570 g/mol. The van der Waals surface area contributed by atoms with Gasteiger partial charge in [0.15, 0.2) is 0 Å². The van der Waals surface area contributed by atoms with Gasteiger partial charge in [-0.1, -0.05) is 91.0 Å². The molecule has 1 fully saturated rings. The van der Waals surface area contributed by atoms with Gasteiger partial charge in [0.2, 0.25) is 5.79 Å². The minimum absolute atomic E-state index is 0.120. The highest BCUT2D eigenvalue weighted by Crippen LogP contribution is 2.53. The molecule has 40 heavy (non-hydrogen) atoms. The predicted molar refractivity (Wildman–Crippen MR) is 152 cm³/mol. The molecule has 1 N–H and O–H groups in total. The van der Waals surface area contributed by atoms with Crippen LogP contribution in [-0.4, -0.2) is 55.2 Å². The lowest BCUT2D eigenvalue weighted by Crippen LogP contribution is -2.48. The Bertz CT molecular complexity index is 1170. The van der Waals surface area contributed by atoms with Crippen LogP contribution < -0.4 is 0 Å². The maximum atomic E-state index is 13.6. The molecule has 1 aliphatic rings. The molecule has 3 aromatic carbocycles. The van der Waals surface area contributed by atoms with Crippen LogP contribution in [0.4, 0.5) is 0 Å². The van der Waals surface area contributed by atoms with Gasteiger partial charge in [0, 0.05) is 0 Å². The molecule has 0 aliphatic carbocycles. The molecule has 1 heterocycles. The van der Waals surface area contributed by atoms with E-state index >= 15 is 0 Å². The van der Waals surface area contributed by atoms with Crippen LogP contribution in [-0.2, 0) is 52.4 Å². The first-order valence-electron chi connectivity index (χ1n) is 13.7. The third-order valence-electron chi connectivity index (χ3n) is 6.49. The molecular formula is C31H39O8P. The number of ether oxygens (including phenoxy) is 4. The van der Waals surface area contributed by atoms with Gasteiger partial charge in [-0.2, -0.15) is 0 Å². The molecular weight excluding hydrogens is 531 g/mol. The smallest absolute Gasteiger partial charge is 0.336 e. The van der Waals surface area contributed by atoms with E-state index in [0.29, 0.717) is 6.61 Å². The fourth-order valence-corrected chi connectivity index (χ4v) is 6.57. The quantitative estimate of drug-likeness (QED) is 0.219. The second kappa shape index (κ2) is 15.0. The van der Waals surface area contributed by atoms with E-state index in [-0.39, 0.29) is 33.0 Å². The van der Waals surface area contributed by atoms with Crippen molar-refractivity contribution in [2.24, 2.45) is 0 Å². The summed E-state index contributed by atoms with van der Waals surface area (Å²) in [4.78, 5) is 0. The van der Waals surface area contributed by atoms with E-state index in [1.54, 1.807) is 13.8 Å². The normalized spacial score (nSPS) is 22.9. The second-order valence-electron chi connectivity index (χ2n) is 9.58. The summed E-state index contributed by atoms with van der Waals surface area (Å²) in [5.41, 5.74) is 2.87. The molecule has 0 bridgehead atoms. The summed E-state index contributed by atoms with van der Waals surface area (Å²) in [5.74, 6) is -2.02. The SMILES string of the molecule is CCOP(=O)(CC1(O)O[C@H](COCc2ccccc2)[C@@H](OCc2ccccc2)[C@@H]1OCc1ccccc1)OCC. The number of benzene rings is 3. The molecule has 0 aromatic heterocycles. The number of hydrogen-bond donors (Lipinski definition) is 1. The van der Waals surface area contributed by atoms with Crippen LogP contribution in [0, 0.1) is 0 Å². The van der Waals surface area contributed by atoms with Crippen LogP contribution in [0.2, 0.25) is 0 Å². The van der Waals surface area contributed by atoms with Gasteiger partial charge < -0.3 is 33.1 Å². The summed E-state index contributed by atoms with van der Waals surface area (Å²) in [7, 11) is -3.72. The Hall–Kier alpha value is -2.39. The van der Waals surface area contributed by atoms with E-state index in [2.05, 4.69) is 0 Å². The third-order valence-corrected chi connectivity index (χ3v) is 8.63.